The van der Waals surface area contributed by atoms with Crippen molar-refractivity contribution in [1.82, 2.24) is 5.32 Å². The Morgan fingerprint density at radius 1 is 1.20 bits per heavy atom. The Balaban J connectivity index is 1.79. The van der Waals surface area contributed by atoms with Gasteiger partial charge in [-0.3, -0.25) is 14.9 Å². The van der Waals surface area contributed by atoms with Crippen LogP contribution in [0.5, 0.6) is 11.5 Å². The predicted octanol–water partition coefficient (Wildman–Crippen LogP) is 3.17. The molecule has 0 bridgehead atoms. The van der Waals surface area contributed by atoms with E-state index in [0.29, 0.717) is 35.8 Å². The number of carbonyl (C=O) groups is 1. The average molecular weight is 342 g/mol. The molecule has 0 unspecified atom stereocenters. The maximum atomic E-state index is 12.5. The number of ether oxygens (including phenoxy) is 2. The first-order valence-electron chi connectivity index (χ1n) is 7.92. The van der Waals surface area contributed by atoms with E-state index in [0.717, 1.165) is 5.56 Å². The molecule has 7 heteroatoms. The van der Waals surface area contributed by atoms with Crippen LogP contribution >= 0.6 is 0 Å². The summed E-state index contributed by atoms with van der Waals surface area (Å²) < 4.78 is 11.0. The van der Waals surface area contributed by atoms with Crippen LogP contribution in [0.2, 0.25) is 0 Å². The lowest BCUT2D eigenvalue weighted by atomic mass is 10.0. The third-order valence-electron chi connectivity index (χ3n) is 4.16. The molecule has 0 radical (unpaired) electrons. The van der Waals surface area contributed by atoms with Crippen LogP contribution in [-0.2, 0) is 0 Å². The van der Waals surface area contributed by atoms with Crippen molar-refractivity contribution >= 4 is 11.6 Å². The summed E-state index contributed by atoms with van der Waals surface area (Å²) in [6, 6.07) is 9.69. The number of carbonyl (C=O) groups excluding carboxylic acids is 1. The Morgan fingerprint density at radius 2 is 1.92 bits per heavy atom. The molecule has 0 spiro atoms. The molecular formula is C18H18N2O5. The summed E-state index contributed by atoms with van der Waals surface area (Å²) in [4.78, 5) is 23.1. The molecule has 1 aliphatic rings. The first kappa shape index (κ1) is 16.8. The number of nitrogens with zero attached hydrogens (tertiary/aromatic N) is 1. The SMILES string of the molecule is Cc1c(C(=O)N[C@H](C)c2ccc3c(c2)OCCO3)cccc1[N+](=O)[O-]. The zero-order valence-corrected chi connectivity index (χ0v) is 13.9. The van der Waals surface area contributed by atoms with Gasteiger partial charge >= 0.3 is 0 Å². The van der Waals surface area contributed by atoms with Crippen molar-refractivity contribution in [3.05, 3.63) is 63.2 Å². The van der Waals surface area contributed by atoms with Crippen LogP contribution in [-0.4, -0.2) is 24.0 Å². The van der Waals surface area contributed by atoms with E-state index < -0.39 is 4.92 Å². The number of amides is 1. The van der Waals surface area contributed by atoms with Crippen LogP contribution in [0.3, 0.4) is 0 Å². The van der Waals surface area contributed by atoms with Gasteiger partial charge in [-0.15, -0.1) is 0 Å². The summed E-state index contributed by atoms with van der Waals surface area (Å²) in [5.41, 5.74) is 1.43. The lowest BCUT2D eigenvalue weighted by Crippen LogP contribution is -2.27. The minimum Gasteiger partial charge on any atom is -0.486 e. The molecule has 0 saturated heterocycles. The van der Waals surface area contributed by atoms with Crippen LogP contribution in [0.15, 0.2) is 36.4 Å². The second kappa shape index (κ2) is 6.80. The molecule has 130 valence electrons. The Bertz CT molecular complexity index is 834. The lowest BCUT2D eigenvalue weighted by molar-refractivity contribution is -0.385. The van der Waals surface area contributed by atoms with Crippen LogP contribution in [0, 0.1) is 17.0 Å². The number of hydrogen-bond acceptors (Lipinski definition) is 5. The van der Waals surface area contributed by atoms with Gasteiger partial charge in [0.25, 0.3) is 11.6 Å². The van der Waals surface area contributed by atoms with Gasteiger partial charge in [-0.1, -0.05) is 12.1 Å². The summed E-state index contributed by atoms with van der Waals surface area (Å²) in [5.74, 6) is 0.975. The minimum atomic E-state index is -0.490. The van der Waals surface area contributed by atoms with Crippen molar-refractivity contribution in [3.63, 3.8) is 0 Å². The summed E-state index contributed by atoms with van der Waals surface area (Å²) in [5, 5.41) is 13.9. The molecule has 2 aromatic rings. The van der Waals surface area contributed by atoms with Crippen molar-refractivity contribution in [2.24, 2.45) is 0 Å². The molecule has 0 aliphatic carbocycles. The molecule has 0 fully saturated rings. The molecule has 1 amide bonds. The predicted molar refractivity (Wildman–Crippen MR) is 91.1 cm³/mol. The van der Waals surface area contributed by atoms with Gasteiger partial charge in [0.2, 0.25) is 0 Å². The molecule has 0 aromatic heterocycles. The molecule has 0 saturated carbocycles. The van der Waals surface area contributed by atoms with Gasteiger partial charge < -0.3 is 14.8 Å². The van der Waals surface area contributed by atoms with Crippen molar-refractivity contribution in [2.75, 3.05) is 13.2 Å². The van der Waals surface area contributed by atoms with Gasteiger partial charge in [-0.05, 0) is 37.6 Å². The van der Waals surface area contributed by atoms with Gasteiger partial charge in [0.15, 0.2) is 11.5 Å². The quantitative estimate of drug-likeness (QED) is 0.681. The standard InChI is InChI=1S/C18H18N2O5/c1-11-14(4-3-5-15(11)20(22)23)18(21)19-12(2)13-6-7-16-17(10-13)25-9-8-24-16/h3-7,10,12H,8-9H2,1-2H3,(H,19,21)/t12-/m1/s1. The molecule has 1 heterocycles. The Kier molecular flexibility index (Phi) is 4.56. The van der Waals surface area contributed by atoms with Crippen LogP contribution < -0.4 is 14.8 Å². The highest BCUT2D eigenvalue weighted by Crippen LogP contribution is 2.32. The van der Waals surface area contributed by atoms with Gasteiger partial charge in [0, 0.05) is 17.2 Å². The van der Waals surface area contributed by atoms with E-state index in [4.69, 9.17) is 9.47 Å². The number of nitro groups is 1. The van der Waals surface area contributed by atoms with E-state index in [1.165, 1.54) is 12.1 Å². The number of benzene rings is 2. The average Bonchev–Trinajstić information content (AvgIpc) is 2.61. The number of fused-ring (bicyclic) bond motifs is 1. The third-order valence-corrected chi connectivity index (χ3v) is 4.16. The van der Waals surface area contributed by atoms with Gasteiger partial charge in [-0.25, -0.2) is 0 Å². The van der Waals surface area contributed by atoms with E-state index in [9.17, 15) is 14.9 Å². The lowest BCUT2D eigenvalue weighted by Gasteiger charge is -2.21. The van der Waals surface area contributed by atoms with E-state index in [1.807, 2.05) is 25.1 Å². The van der Waals surface area contributed by atoms with E-state index >= 15 is 0 Å². The molecule has 7 nitrogen and oxygen atoms in total. The van der Waals surface area contributed by atoms with E-state index in [1.54, 1.807) is 13.0 Å². The normalized spacial score (nSPS) is 13.8. The number of hydrogen-bond donors (Lipinski definition) is 1. The van der Waals surface area contributed by atoms with Crippen LogP contribution in [0.4, 0.5) is 5.69 Å². The summed E-state index contributed by atoms with van der Waals surface area (Å²) in [6.07, 6.45) is 0. The topological polar surface area (TPSA) is 90.7 Å². The molecule has 25 heavy (non-hydrogen) atoms. The summed E-state index contributed by atoms with van der Waals surface area (Å²) >= 11 is 0. The maximum Gasteiger partial charge on any atom is 0.273 e. The zero-order chi connectivity index (χ0) is 18.0. The molecular weight excluding hydrogens is 324 g/mol. The molecule has 3 rings (SSSR count). The monoisotopic (exact) mass is 342 g/mol. The molecule has 1 aliphatic heterocycles. The maximum absolute atomic E-state index is 12.5. The smallest absolute Gasteiger partial charge is 0.273 e. The number of nitrogens with one attached hydrogen (secondary N) is 1. The first-order chi connectivity index (χ1) is 12.0. The number of nitro benzene ring substituents is 1. The largest absolute Gasteiger partial charge is 0.486 e. The highest BCUT2D eigenvalue weighted by Gasteiger charge is 2.20. The summed E-state index contributed by atoms with van der Waals surface area (Å²) in [7, 11) is 0. The highest BCUT2D eigenvalue weighted by atomic mass is 16.6. The van der Waals surface area contributed by atoms with Gasteiger partial charge in [-0.2, -0.15) is 0 Å². The van der Waals surface area contributed by atoms with Gasteiger partial charge in [0.1, 0.15) is 13.2 Å². The van der Waals surface area contributed by atoms with Gasteiger partial charge in [0.05, 0.1) is 11.0 Å². The highest BCUT2D eigenvalue weighted by molar-refractivity contribution is 5.96. The first-order valence-corrected chi connectivity index (χ1v) is 7.92. The van der Waals surface area contributed by atoms with Crippen LogP contribution in [0.25, 0.3) is 0 Å². The fourth-order valence-electron chi connectivity index (χ4n) is 2.75. The van der Waals surface area contributed by atoms with Crippen molar-refractivity contribution in [3.8, 4) is 11.5 Å². The second-order valence-corrected chi connectivity index (χ2v) is 5.81. The molecule has 1 atom stereocenters. The molecule has 2 aromatic carbocycles. The number of rotatable bonds is 4. The fourth-order valence-corrected chi connectivity index (χ4v) is 2.75. The fraction of sp³-hybridized carbons (Fsp3) is 0.278. The third kappa shape index (κ3) is 3.40. The van der Waals surface area contributed by atoms with Crippen LogP contribution in [0.1, 0.15) is 34.5 Å². The van der Waals surface area contributed by atoms with E-state index in [2.05, 4.69) is 5.32 Å². The van der Waals surface area contributed by atoms with Crippen molar-refractivity contribution in [2.45, 2.75) is 19.9 Å². The second-order valence-electron chi connectivity index (χ2n) is 5.81. The van der Waals surface area contributed by atoms with Crippen molar-refractivity contribution < 1.29 is 19.2 Å². The summed E-state index contributed by atoms with van der Waals surface area (Å²) in [6.45, 7) is 4.42. The minimum absolute atomic E-state index is 0.0698. The Morgan fingerprint density at radius 3 is 2.64 bits per heavy atom. The Labute approximate surface area is 144 Å². The van der Waals surface area contributed by atoms with E-state index in [-0.39, 0.29) is 17.6 Å². The Hall–Kier alpha value is -3.09. The zero-order valence-electron chi connectivity index (χ0n) is 13.9. The molecule has 1 N–H and O–H groups in total. The van der Waals surface area contributed by atoms with Crippen molar-refractivity contribution in [1.29, 1.82) is 0 Å².